The van der Waals surface area contributed by atoms with Crippen LogP contribution in [0.4, 0.5) is 5.69 Å². The number of nitrogens with zero attached hydrogens (tertiary/aromatic N) is 2. The molecule has 1 aliphatic heterocycles. The Labute approximate surface area is 179 Å². The minimum Gasteiger partial charge on any atom is -0.379 e. The second-order valence-corrected chi connectivity index (χ2v) is 6.59. The maximum absolute atomic E-state index is 6.03. The maximum atomic E-state index is 6.03. The molecular formula is C21H29IN4O. The van der Waals surface area contributed by atoms with Crippen LogP contribution in [0.15, 0.2) is 53.5 Å². The van der Waals surface area contributed by atoms with Crippen molar-refractivity contribution in [3.05, 3.63) is 65.2 Å². The molecule has 3 N–H and O–H groups in total. The van der Waals surface area contributed by atoms with E-state index in [1.165, 1.54) is 16.7 Å². The van der Waals surface area contributed by atoms with Crippen LogP contribution in [-0.2, 0) is 24.2 Å². The van der Waals surface area contributed by atoms with Crippen LogP contribution in [0.5, 0.6) is 0 Å². The van der Waals surface area contributed by atoms with Crippen molar-refractivity contribution in [3.63, 3.8) is 0 Å². The molecule has 0 saturated carbocycles. The van der Waals surface area contributed by atoms with Crippen LogP contribution >= 0.6 is 24.0 Å². The van der Waals surface area contributed by atoms with Crippen molar-refractivity contribution in [2.24, 2.45) is 10.7 Å². The molecule has 3 rings (SSSR count). The molecule has 6 heteroatoms. The van der Waals surface area contributed by atoms with E-state index >= 15 is 0 Å². The van der Waals surface area contributed by atoms with E-state index in [2.05, 4.69) is 58.5 Å². The van der Waals surface area contributed by atoms with E-state index in [1.807, 2.05) is 12.1 Å². The number of nitrogens with one attached hydrogen (secondary N) is 1. The minimum atomic E-state index is 0. The number of aryl methyl sites for hydroxylation is 1. The molecule has 0 spiro atoms. The number of aliphatic imine (C=N–C) groups is 1. The summed E-state index contributed by atoms with van der Waals surface area (Å²) in [4.78, 5) is 6.89. The smallest absolute Gasteiger partial charge is 0.193 e. The second-order valence-electron chi connectivity index (χ2n) is 6.59. The first-order valence-corrected chi connectivity index (χ1v) is 9.27. The predicted octanol–water partition coefficient (Wildman–Crippen LogP) is 3.63. The number of halogens is 1. The lowest BCUT2D eigenvalue weighted by Crippen LogP contribution is -2.35. The Hall–Kier alpha value is -1.64. The summed E-state index contributed by atoms with van der Waals surface area (Å²) in [5, 5.41) is 3.15. The summed E-state index contributed by atoms with van der Waals surface area (Å²) in [6, 6.07) is 16.8. The van der Waals surface area contributed by atoms with Crippen molar-refractivity contribution < 1.29 is 4.74 Å². The maximum Gasteiger partial charge on any atom is 0.193 e. The zero-order chi connectivity index (χ0) is 18.2. The summed E-state index contributed by atoms with van der Waals surface area (Å²) in [5.41, 5.74) is 10.8. The Morgan fingerprint density at radius 2 is 1.78 bits per heavy atom. The number of rotatable bonds is 6. The molecule has 0 aliphatic carbocycles. The summed E-state index contributed by atoms with van der Waals surface area (Å²) in [5.74, 6) is 0.438. The molecule has 2 aromatic rings. The fourth-order valence-electron chi connectivity index (χ4n) is 3.03. The quantitative estimate of drug-likeness (QED) is 0.377. The normalized spacial score (nSPS) is 15.2. The van der Waals surface area contributed by atoms with E-state index < -0.39 is 0 Å². The number of anilines is 1. The zero-order valence-electron chi connectivity index (χ0n) is 15.9. The van der Waals surface area contributed by atoms with Crippen LogP contribution < -0.4 is 11.1 Å². The predicted molar refractivity (Wildman–Crippen MR) is 123 cm³/mol. The van der Waals surface area contributed by atoms with Crippen molar-refractivity contribution in [2.45, 2.75) is 26.4 Å². The first-order valence-electron chi connectivity index (χ1n) is 9.27. The van der Waals surface area contributed by atoms with Gasteiger partial charge in [-0.15, -0.1) is 24.0 Å². The molecule has 1 fully saturated rings. The molecule has 1 saturated heterocycles. The van der Waals surface area contributed by atoms with Gasteiger partial charge in [0.05, 0.1) is 19.8 Å². The van der Waals surface area contributed by atoms with Gasteiger partial charge >= 0.3 is 0 Å². The largest absolute Gasteiger partial charge is 0.379 e. The lowest BCUT2D eigenvalue weighted by Gasteiger charge is -2.26. The van der Waals surface area contributed by atoms with Crippen LogP contribution in [0.1, 0.15) is 23.6 Å². The fourth-order valence-corrected chi connectivity index (χ4v) is 3.03. The zero-order valence-corrected chi connectivity index (χ0v) is 18.2. The van der Waals surface area contributed by atoms with Crippen LogP contribution in [-0.4, -0.2) is 37.2 Å². The molecule has 0 atom stereocenters. The van der Waals surface area contributed by atoms with Gasteiger partial charge in [-0.25, -0.2) is 4.99 Å². The molecule has 0 unspecified atom stereocenters. The Morgan fingerprint density at radius 3 is 2.48 bits per heavy atom. The molecule has 0 radical (unpaired) electrons. The van der Waals surface area contributed by atoms with Crippen molar-refractivity contribution in [2.75, 3.05) is 31.6 Å². The minimum absolute atomic E-state index is 0. The molecule has 27 heavy (non-hydrogen) atoms. The molecule has 0 aromatic heterocycles. The van der Waals surface area contributed by atoms with Crippen molar-refractivity contribution in [1.29, 1.82) is 0 Å². The van der Waals surface area contributed by atoms with E-state index in [4.69, 9.17) is 10.5 Å². The van der Waals surface area contributed by atoms with Crippen LogP contribution in [0.2, 0.25) is 0 Å². The molecule has 146 valence electrons. The molecule has 1 heterocycles. The summed E-state index contributed by atoms with van der Waals surface area (Å²) in [6.45, 7) is 7.32. The number of hydrogen-bond donors (Lipinski definition) is 2. The fraction of sp³-hybridized carbons (Fsp3) is 0.381. The van der Waals surface area contributed by atoms with Gasteiger partial charge in [-0.1, -0.05) is 43.3 Å². The van der Waals surface area contributed by atoms with Crippen molar-refractivity contribution in [1.82, 2.24) is 4.90 Å². The Bertz CT molecular complexity index is 727. The average Bonchev–Trinajstić information content (AvgIpc) is 2.68. The van der Waals surface area contributed by atoms with Crippen LogP contribution in [0, 0.1) is 0 Å². The standard InChI is InChI=1S/C21H28N4O.HI/c1-2-17-6-8-20(9-7-17)24-21(22)23-15-18-4-3-5-19(14-18)16-25-10-12-26-13-11-25;/h3-9,14H,2,10-13,15-16H2,1H3,(H3,22,23,24);1H. The third-order valence-corrected chi connectivity index (χ3v) is 4.57. The Balaban J connectivity index is 0.00000261. The molecule has 0 amide bonds. The van der Waals surface area contributed by atoms with Gasteiger partial charge in [0.15, 0.2) is 5.96 Å². The number of hydrogen-bond acceptors (Lipinski definition) is 3. The van der Waals surface area contributed by atoms with Gasteiger partial charge in [-0.05, 0) is 35.2 Å². The summed E-state index contributed by atoms with van der Waals surface area (Å²) in [7, 11) is 0. The van der Waals surface area contributed by atoms with Gasteiger partial charge in [-0.3, -0.25) is 4.90 Å². The highest BCUT2D eigenvalue weighted by Crippen LogP contribution is 2.12. The van der Waals surface area contributed by atoms with Crippen molar-refractivity contribution >= 4 is 35.6 Å². The highest BCUT2D eigenvalue weighted by molar-refractivity contribution is 14.0. The van der Waals surface area contributed by atoms with Gasteiger partial charge in [0, 0.05) is 25.3 Å². The number of morpholine rings is 1. The summed E-state index contributed by atoms with van der Waals surface area (Å²) in [6.07, 6.45) is 1.03. The van der Waals surface area contributed by atoms with Crippen LogP contribution in [0.25, 0.3) is 0 Å². The van der Waals surface area contributed by atoms with Gasteiger partial charge in [0.1, 0.15) is 0 Å². The Kier molecular flexibility index (Phi) is 9.03. The second kappa shape index (κ2) is 11.3. The van der Waals surface area contributed by atoms with E-state index in [0.717, 1.165) is 45.0 Å². The lowest BCUT2D eigenvalue weighted by atomic mass is 10.1. The molecule has 5 nitrogen and oxygen atoms in total. The summed E-state index contributed by atoms with van der Waals surface area (Å²) < 4.78 is 5.41. The van der Waals surface area contributed by atoms with Gasteiger partial charge < -0.3 is 15.8 Å². The number of nitrogens with two attached hydrogens (primary N) is 1. The third-order valence-electron chi connectivity index (χ3n) is 4.57. The summed E-state index contributed by atoms with van der Waals surface area (Å²) >= 11 is 0. The number of guanidine groups is 1. The molecule has 2 aromatic carbocycles. The molecule has 0 bridgehead atoms. The van der Waals surface area contributed by atoms with Crippen LogP contribution in [0.3, 0.4) is 0 Å². The highest BCUT2D eigenvalue weighted by atomic mass is 127. The van der Waals surface area contributed by atoms with Gasteiger partial charge in [0.2, 0.25) is 0 Å². The first-order chi connectivity index (χ1) is 12.7. The molecular weight excluding hydrogens is 451 g/mol. The van der Waals surface area contributed by atoms with E-state index in [-0.39, 0.29) is 24.0 Å². The SMILES string of the molecule is CCc1ccc(NC(N)=NCc2cccc(CN3CCOCC3)c2)cc1.I. The van der Waals surface area contributed by atoms with Gasteiger partial charge in [0.25, 0.3) is 0 Å². The topological polar surface area (TPSA) is 62.9 Å². The number of benzene rings is 2. The lowest BCUT2D eigenvalue weighted by molar-refractivity contribution is 0.0342. The monoisotopic (exact) mass is 480 g/mol. The van der Waals surface area contributed by atoms with Gasteiger partial charge in [-0.2, -0.15) is 0 Å². The average molecular weight is 480 g/mol. The number of ether oxygens (including phenoxy) is 1. The van der Waals surface area contributed by atoms with E-state index in [1.54, 1.807) is 0 Å². The van der Waals surface area contributed by atoms with Crippen molar-refractivity contribution in [3.8, 4) is 0 Å². The Morgan fingerprint density at radius 1 is 1.07 bits per heavy atom. The first kappa shape index (κ1) is 21.7. The third kappa shape index (κ3) is 7.12. The van der Waals surface area contributed by atoms with E-state index in [9.17, 15) is 0 Å². The molecule has 1 aliphatic rings. The van der Waals surface area contributed by atoms with E-state index in [0.29, 0.717) is 12.5 Å². The highest BCUT2D eigenvalue weighted by Gasteiger charge is 2.10.